The van der Waals surface area contributed by atoms with Crippen molar-refractivity contribution in [3.8, 4) is 11.5 Å². The highest BCUT2D eigenvalue weighted by atomic mass is 32.2. The van der Waals surface area contributed by atoms with Gasteiger partial charge in [-0.3, -0.25) is 4.90 Å². The molecule has 7 heteroatoms. The van der Waals surface area contributed by atoms with Crippen molar-refractivity contribution >= 4 is 15.7 Å². The first kappa shape index (κ1) is 23.3. The maximum atomic E-state index is 13.7. The second-order valence-electron chi connectivity index (χ2n) is 9.06. The smallest absolute Gasteiger partial charge is 0.236 e. The number of aryl methyl sites for hydroxylation is 2. The molecule has 2 heterocycles. The van der Waals surface area contributed by atoms with Crippen molar-refractivity contribution in [3.63, 3.8) is 0 Å². The minimum absolute atomic E-state index is 0.0200. The number of aromatic nitrogens is 1. The van der Waals surface area contributed by atoms with Gasteiger partial charge in [0, 0.05) is 38.3 Å². The Morgan fingerprint density at radius 2 is 1.40 bits per heavy atom. The fourth-order valence-electron chi connectivity index (χ4n) is 4.27. The fraction of sp³-hybridized carbons (Fsp3) is 0.250. The third-order valence-electron chi connectivity index (χ3n) is 6.37. The van der Waals surface area contributed by atoms with Crippen LogP contribution in [0.3, 0.4) is 0 Å². The van der Waals surface area contributed by atoms with Gasteiger partial charge in [-0.2, -0.15) is 4.98 Å². The van der Waals surface area contributed by atoms with E-state index in [4.69, 9.17) is 4.42 Å². The quantitative estimate of drug-likeness (QED) is 0.376. The van der Waals surface area contributed by atoms with E-state index in [9.17, 15) is 8.42 Å². The van der Waals surface area contributed by atoms with Gasteiger partial charge in [0.2, 0.25) is 26.6 Å². The van der Waals surface area contributed by atoms with Crippen molar-refractivity contribution in [1.29, 1.82) is 0 Å². The van der Waals surface area contributed by atoms with Crippen LogP contribution in [0.2, 0.25) is 0 Å². The molecule has 5 rings (SSSR count). The van der Waals surface area contributed by atoms with E-state index in [-0.39, 0.29) is 9.92 Å². The topological polar surface area (TPSA) is 66.7 Å². The maximum absolute atomic E-state index is 13.7. The first-order valence-electron chi connectivity index (χ1n) is 11.8. The molecule has 1 aliphatic rings. The summed E-state index contributed by atoms with van der Waals surface area (Å²) in [5.74, 6) is 0.637. The molecule has 1 saturated heterocycles. The van der Waals surface area contributed by atoms with E-state index in [1.807, 2.05) is 49.1 Å². The van der Waals surface area contributed by atoms with Crippen LogP contribution in [0.25, 0.3) is 11.5 Å². The lowest BCUT2D eigenvalue weighted by Gasteiger charge is -2.34. The van der Waals surface area contributed by atoms with Gasteiger partial charge in [-0.1, -0.05) is 65.7 Å². The van der Waals surface area contributed by atoms with Gasteiger partial charge in [0.15, 0.2) is 0 Å². The second-order valence-corrected chi connectivity index (χ2v) is 10.9. The Kier molecular flexibility index (Phi) is 6.45. The Morgan fingerprint density at radius 3 is 2.03 bits per heavy atom. The molecule has 180 valence electrons. The molecule has 0 saturated carbocycles. The van der Waals surface area contributed by atoms with Gasteiger partial charge in [0.25, 0.3) is 0 Å². The average Bonchev–Trinajstić information content (AvgIpc) is 3.32. The number of hydrogen-bond donors (Lipinski definition) is 0. The Balaban J connectivity index is 1.46. The highest BCUT2D eigenvalue weighted by Gasteiger charge is 2.32. The largest absolute Gasteiger partial charge is 0.419 e. The lowest BCUT2D eigenvalue weighted by Crippen LogP contribution is -2.46. The van der Waals surface area contributed by atoms with E-state index in [0.717, 1.165) is 36.3 Å². The molecule has 3 aromatic carbocycles. The van der Waals surface area contributed by atoms with E-state index >= 15 is 0 Å². The molecule has 4 aromatic rings. The van der Waals surface area contributed by atoms with Crippen molar-refractivity contribution in [2.24, 2.45) is 0 Å². The number of nitrogens with zero attached hydrogens (tertiary/aromatic N) is 3. The van der Waals surface area contributed by atoms with Crippen molar-refractivity contribution in [1.82, 2.24) is 9.88 Å². The molecule has 6 nitrogen and oxygen atoms in total. The summed E-state index contributed by atoms with van der Waals surface area (Å²) in [6.45, 7) is 7.74. The van der Waals surface area contributed by atoms with Crippen LogP contribution in [-0.2, 0) is 16.4 Å². The van der Waals surface area contributed by atoms with Crippen LogP contribution < -0.4 is 4.90 Å². The van der Waals surface area contributed by atoms with Gasteiger partial charge < -0.3 is 9.32 Å². The third-order valence-corrected chi connectivity index (χ3v) is 8.04. The summed E-state index contributed by atoms with van der Waals surface area (Å²) in [6, 6.07) is 25.0. The zero-order valence-electron chi connectivity index (χ0n) is 20.0. The lowest BCUT2D eigenvalue weighted by molar-refractivity contribution is 0.245. The molecule has 0 bridgehead atoms. The van der Waals surface area contributed by atoms with Gasteiger partial charge in [0.1, 0.15) is 0 Å². The molecule has 35 heavy (non-hydrogen) atoms. The van der Waals surface area contributed by atoms with Crippen LogP contribution in [0.5, 0.6) is 0 Å². The molecule has 1 aliphatic heterocycles. The van der Waals surface area contributed by atoms with Gasteiger partial charge >= 0.3 is 0 Å². The van der Waals surface area contributed by atoms with E-state index in [0.29, 0.717) is 24.9 Å². The minimum Gasteiger partial charge on any atom is -0.419 e. The predicted molar refractivity (Wildman–Crippen MR) is 137 cm³/mol. The van der Waals surface area contributed by atoms with Gasteiger partial charge in [-0.25, -0.2) is 8.42 Å². The zero-order valence-corrected chi connectivity index (χ0v) is 20.8. The zero-order chi connectivity index (χ0) is 24.4. The second kappa shape index (κ2) is 9.68. The van der Waals surface area contributed by atoms with Crippen molar-refractivity contribution in [2.45, 2.75) is 30.3 Å². The van der Waals surface area contributed by atoms with Crippen molar-refractivity contribution < 1.29 is 12.8 Å². The van der Waals surface area contributed by atoms with Gasteiger partial charge in [0.05, 0.1) is 4.90 Å². The molecule has 0 unspecified atom stereocenters. The number of hydrogen-bond acceptors (Lipinski definition) is 6. The van der Waals surface area contributed by atoms with Crippen LogP contribution in [0.4, 0.5) is 5.88 Å². The van der Waals surface area contributed by atoms with Crippen LogP contribution >= 0.6 is 0 Å². The minimum atomic E-state index is -3.85. The van der Waals surface area contributed by atoms with Crippen LogP contribution in [-0.4, -0.2) is 44.5 Å². The van der Waals surface area contributed by atoms with Crippen LogP contribution in [0.15, 0.2) is 93.2 Å². The molecule has 0 amide bonds. The molecule has 0 N–H and O–H groups in total. The number of piperazine rings is 1. The monoisotopic (exact) mass is 487 g/mol. The van der Waals surface area contributed by atoms with Gasteiger partial charge in [-0.15, -0.1) is 0 Å². The Labute approximate surface area is 206 Å². The summed E-state index contributed by atoms with van der Waals surface area (Å²) in [6.07, 6.45) is 0. The summed E-state index contributed by atoms with van der Waals surface area (Å²) in [4.78, 5) is 9.13. The molecule has 0 aliphatic carbocycles. The summed E-state index contributed by atoms with van der Waals surface area (Å²) < 4.78 is 33.5. The Bertz CT molecular complexity index is 1390. The molecule has 1 aromatic heterocycles. The lowest BCUT2D eigenvalue weighted by atomic mass is 10.1. The van der Waals surface area contributed by atoms with E-state index < -0.39 is 9.84 Å². The number of anilines is 1. The van der Waals surface area contributed by atoms with E-state index in [1.54, 1.807) is 24.3 Å². The molecule has 1 fully saturated rings. The molecule has 0 radical (unpaired) electrons. The highest BCUT2D eigenvalue weighted by Crippen LogP contribution is 2.35. The van der Waals surface area contributed by atoms with Gasteiger partial charge in [-0.05, 0) is 43.7 Å². The molecular formula is C28H29N3O3S. The first-order chi connectivity index (χ1) is 16.9. The molecular weight excluding hydrogens is 458 g/mol. The summed E-state index contributed by atoms with van der Waals surface area (Å²) in [7, 11) is -3.85. The first-order valence-corrected chi connectivity index (χ1v) is 13.3. The van der Waals surface area contributed by atoms with E-state index in [1.165, 1.54) is 5.56 Å². The highest BCUT2D eigenvalue weighted by molar-refractivity contribution is 7.91. The third kappa shape index (κ3) is 5.01. The predicted octanol–water partition coefficient (Wildman–Crippen LogP) is 5.11. The summed E-state index contributed by atoms with van der Waals surface area (Å²) in [5, 5.41) is -0.0200. The SMILES string of the molecule is Cc1ccc(-c2nc(S(=O)(=O)c3ccc(C)cc3)c(N3CCN(Cc4ccccc4)CC3)o2)cc1. The summed E-state index contributed by atoms with van der Waals surface area (Å²) in [5.41, 5.74) is 4.14. The number of oxazole rings is 1. The van der Waals surface area contributed by atoms with Crippen LogP contribution in [0, 0.1) is 13.8 Å². The van der Waals surface area contributed by atoms with Crippen LogP contribution in [0.1, 0.15) is 16.7 Å². The number of sulfone groups is 1. The average molecular weight is 488 g/mol. The Morgan fingerprint density at radius 1 is 0.800 bits per heavy atom. The fourth-order valence-corrected chi connectivity index (χ4v) is 5.59. The standard InChI is InChI=1S/C28H29N3O3S/c1-21-8-12-24(13-9-21)26-29-27(35(32,33)25-14-10-22(2)11-15-25)28(34-26)31-18-16-30(17-19-31)20-23-6-4-3-5-7-23/h3-15H,16-20H2,1-2H3. The Hall–Kier alpha value is -3.42. The maximum Gasteiger partial charge on any atom is 0.236 e. The number of benzene rings is 3. The molecule has 0 spiro atoms. The number of rotatable bonds is 6. The summed E-state index contributed by atoms with van der Waals surface area (Å²) >= 11 is 0. The van der Waals surface area contributed by atoms with E-state index in [2.05, 4.69) is 34.1 Å². The molecule has 0 atom stereocenters. The van der Waals surface area contributed by atoms with Crippen molar-refractivity contribution in [2.75, 3.05) is 31.1 Å². The normalized spacial score (nSPS) is 14.9. The van der Waals surface area contributed by atoms with Crippen molar-refractivity contribution in [3.05, 3.63) is 95.6 Å².